The number of aliphatic hydroxyl groups is 1. The quantitative estimate of drug-likeness (QED) is 0.463. The van der Waals surface area contributed by atoms with Gasteiger partial charge in [0, 0.05) is 11.8 Å². The van der Waals surface area contributed by atoms with Gasteiger partial charge >= 0.3 is 5.97 Å². The van der Waals surface area contributed by atoms with Crippen molar-refractivity contribution in [3.8, 4) is 0 Å². The molecule has 2 fully saturated rings. The number of nitrogens with one attached hydrogen (secondary N) is 1. The zero-order chi connectivity index (χ0) is 15.3. The Labute approximate surface area is 128 Å². The van der Waals surface area contributed by atoms with E-state index in [1.54, 1.807) is 6.92 Å². The van der Waals surface area contributed by atoms with E-state index in [-0.39, 0.29) is 11.8 Å². The number of carbonyl (C=O) groups excluding carboxylic acids is 2. The Morgan fingerprint density at radius 3 is 2.90 bits per heavy atom. The van der Waals surface area contributed by atoms with Crippen LogP contribution in [0.5, 0.6) is 0 Å². The fraction of sp³-hybridized carbons (Fsp3) is 0.733. The summed E-state index contributed by atoms with van der Waals surface area (Å²) in [7, 11) is 0. The summed E-state index contributed by atoms with van der Waals surface area (Å²) in [6.45, 7) is 1.72. The standard InChI is InChI=1S/C15H20ClNO4/c1-14-10(7-8-16)12(19)17-15(14,13(20)21-14)11(18)9-5-3-2-4-6-9/h3,5,9-11,18H,2,4,6-8H2,1H3,(H,17,19)/t9-,10?,11-,14+,15+/m1/s1. The summed E-state index contributed by atoms with van der Waals surface area (Å²) >= 11 is 5.76. The maximum atomic E-state index is 12.2. The average molecular weight is 314 g/mol. The van der Waals surface area contributed by atoms with Gasteiger partial charge in [-0.1, -0.05) is 12.2 Å². The number of aliphatic hydroxyl groups excluding tert-OH is 1. The van der Waals surface area contributed by atoms with Gasteiger partial charge in [-0.25, -0.2) is 4.79 Å². The van der Waals surface area contributed by atoms with E-state index in [2.05, 4.69) is 5.32 Å². The second-order valence-corrected chi connectivity index (χ2v) is 6.67. The van der Waals surface area contributed by atoms with Gasteiger partial charge in [-0.15, -0.1) is 11.6 Å². The molecular formula is C15H20ClNO4. The van der Waals surface area contributed by atoms with Crippen LogP contribution in [0, 0.1) is 11.8 Å². The summed E-state index contributed by atoms with van der Waals surface area (Å²) in [5.74, 6) is -1.14. The van der Waals surface area contributed by atoms with Crippen LogP contribution in [0.3, 0.4) is 0 Å². The third-order valence-electron chi connectivity index (χ3n) is 5.25. The molecule has 2 aliphatic heterocycles. The first-order valence-electron chi connectivity index (χ1n) is 7.43. The number of carbonyl (C=O) groups is 2. The van der Waals surface area contributed by atoms with E-state index >= 15 is 0 Å². The van der Waals surface area contributed by atoms with Gasteiger partial charge in [0.15, 0.2) is 5.60 Å². The normalized spacial score (nSPS) is 42.8. The van der Waals surface area contributed by atoms with Crippen LogP contribution in [-0.4, -0.2) is 40.1 Å². The van der Waals surface area contributed by atoms with Crippen molar-refractivity contribution >= 4 is 23.5 Å². The number of hydrogen-bond donors (Lipinski definition) is 2. The maximum absolute atomic E-state index is 12.2. The van der Waals surface area contributed by atoms with Crippen LogP contribution in [0.25, 0.3) is 0 Å². The Balaban J connectivity index is 1.94. The Hall–Kier alpha value is -1.07. The first-order chi connectivity index (χ1) is 9.97. The van der Waals surface area contributed by atoms with Gasteiger partial charge in [-0.05, 0) is 32.6 Å². The molecule has 5 nitrogen and oxygen atoms in total. The van der Waals surface area contributed by atoms with Crippen molar-refractivity contribution in [2.45, 2.75) is 49.9 Å². The summed E-state index contributed by atoms with van der Waals surface area (Å²) in [6.07, 6.45) is 6.17. The molecule has 3 aliphatic rings. The molecule has 0 spiro atoms. The lowest BCUT2D eigenvalue weighted by Gasteiger charge is -2.54. The van der Waals surface area contributed by atoms with Crippen LogP contribution >= 0.6 is 11.6 Å². The molecule has 0 saturated carbocycles. The Bertz CT molecular complexity index is 508. The smallest absolute Gasteiger partial charge is 0.339 e. The van der Waals surface area contributed by atoms with E-state index in [4.69, 9.17) is 16.3 Å². The summed E-state index contributed by atoms with van der Waals surface area (Å²) in [5.41, 5.74) is -2.34. The molecule has 3 rings (SSSR count). The highest BCUT2D eigenvalue weighted by Crippen LogP contribution is 2.53. The molecule has 21 heavy (non-hydrogen) atoms. The summed E-state index contributed by atoms with van der Waals surface area (Å²) < 4.78 is 5.34. The minimum Gasteiger partial charge on any atom is -0.453 e. The Morgan fingerprint density at radius 1 is 1.57 bits per heavy atom. The molecule has 0 aromatic heterocycles. The topological polar surface area (TPSA) is 75.6 Å². The van der Waals surface area contributed by atoms with Gasteiger partial charge in [0.05, 0.1) is 12.0 Å². The molecule has 1 unspecified atom stereocenters. The number of allylic oxidation sites excluding steroid dienone is 1. The Morgan fingerprint density at radius 2 is 2.33 bits per heavy atom. The van der Waals surface area contributed by atoms with Crippen molar-refractivity contribution in [2.75, 3.05) is 5.88 Å². The largest absolute Gasteiger partial charge is 0.453 e. The maximum Gasteiger partial charge on any atom is 0.339 e. The number of ether oxygens (including phenoxy) is 1. The monoisotopic (exact) mass is 313 g/mol. The van der Waals surface area contributed by atoms with E-state index in [0.717, 1.165) is 19.3 Å². The zero-order valence-corrected chi connectivity index (χ0v) is 12.7. The number of rotatable bonds is 4. The van der Waals surface area contributed by atoms with Crippen LogP contribution in [0.4, 0.5) is 0 Å². The zero-order valence-electron chi connectivity index (χ0n) is 12.0. The molecule has 6 heteroatoms. The lowest BCUT2D eigenvalue weighted by molar-refractivity contribution is -0.238. The fourth-order valence-corrected chi connectivity index (χ4v) is 4.21. The molecule has 2 saturated heterocycles. The van der Waals surface area contributed by atoms with E-state index in [1.807, 2.05) is 12.2 Å². The predicted octanol–water partition coefficient (Wildman–Crippen LogP) is 1.13. The minimum atomic E-state index is -1.33. The van der Waals surface area contributed by atoms with Crippen LogP contribution in [0.2, 0.25) is 0 Å². The molecular weight excluding hydrogens is 294 g/mol. The van der Waals surface area contributed by atoms with E-state index in [0.29, 0.717) is 12.3 Å². The van der Waals surface area contributed by atoms with Crippen LogP contribution in [-0.2, 0) is 14.3 Å². The first kappa shape index (κ1) is 14.9. The number of hydrogen-bond acceptors (Lipinski definition) is 4. The van der Waals surface area contributed by atoms with Gasteiger partial charge in [-0.2, -0.15) is 0 Å². The van der Waals surface area contributed by atoms with Crippen LogP contribution in [0.15, 0.2) is 12.2 Å². The summed E-state index contributed by atoms with van der Waals surface area (Å²) in [4.78, 5) is 24.4. The van der Waals surface area contributed by atoms with Crippen molar-refractivity contribution in [1.29, 1.82) is 0 Å². The van der Waals surface area contributed by atoms with Crippen molar-refractivity contribution in [3.05, 3.63) is 12.2 Å². The summed E-state index contributed by atoms with van der Waals surface area (Å²) in [6, 6.07) is 0. The van der Waals surface area contributed by atoms with Gasteiger partial charge in [0.25, 0.3) is 0 Å². The van der Waals surface area contributed by atoms with Crippen molar-refractivity contribution in [3.63, 3.8) is 0 Å². The van der Waals surface area contributed by atoms with Gasteiger partial charge in [-0.3, -0.25) is 4.79 Å². The summed E-state index contributed by atoms with van der Waals surface area (Å²) in [5, 5.41) is 13.5. The molecule has 2 N–H and O–H groups in total. The van der Waals surface area contributed by atoms with Crippen LogP contribution < -0.4 is 5.32 Å². The van der Waals surface area contributed by atoms with Gasteiger partial charge < -0.3 is 15.2 Å². The third kappa shape index (κ3) is 1.80. The van der Waals surface area contributed by atoms with E-state index in [9.17, 15) is 14.7 Å². The van der Waals surface area contributed by atoms with Crippen molar-refractivity contribution < 1.29 is 19.4 Å². The average Bonchev–Trinajstić information content (AvgIpc) is 2.65. The lowest BCUT2D eigenvalue weighted by atomic mass is 9.64. The SMILES string of the molecule is C[C@@]12OC(=O)[C@]1([C@H](O)[C@@H]1C=CCCC1)NC(=O)C2CCCl. The number of halogens is 1. The third-order valence-corrected chi connectivity index (χ3v) is 5.47. The molecule has 1 amide bonds. The predicted molar refractivity (Wildman–Crippen MR) is 76.7 cm³/mol. The van der Waals surface area contributed by atoms with Gasteiger partial charge in [0.2, 0.25) is 11.4 Å². The minimum absolute atomic E-state index is 0.138. The van der Waals surface area contributed by atoms with Crippen molar-refractivity contribution in [1.82, 2.24) is 5.32 Å². The highest BCUT2D eigenvalue weighted by molar-refractivity contribution is 6.18. The van der Waals surface area contributed by atoms with E-state index < -0.39 is 29.1 Å². The second kappa shape index (κ2) is 4.99. The molecule has 0 aromatic rings. The molecule has 2 heterocycles. The Kier molecular flexibility index (Phi) is 3.53. The van der Waals surface area contributed by atoms with Gasteiger partial charge in [0.1, 0.15) is 0 Å². The number of amides is 1. The van der Waals surface area contributed by atoms with E-state index in [1.165, 1.54) is 0 Å². The highest BCUT2D eigenvalue weighted by atomic mass is 35.5. The fourth-order valence-electron chi connectivity index (χ4n) is 3.99. The number of fused-ring (bicyclic) bond motifs is 1. The van der Waals surface area contributed by atoms with Crippen molar-refractivity contribution in [2.24, 2.45) is 11.8 Å². The molecule has 0 aromatic carbocycles. The molecule has 0 bridgehead atoms. The lowest BCUT2D eigenvalue weighted by Crippen LogP contribution is -2.80. The number of alkyl halides is 1. The first-order valence-corrected chi connectivity index (χ1v) is 7.97. The second-order valence-electron chi connectivity index (χ2n) is 6.29. The molecule has 1 aliphatic carbocycles. The molecule has 116 valence electrons. The molecule has 0 radical (unpaired) electrons. The number of esters is 1. The molecule has 5 atom stereocenters. The highest BCUT2D eigenvalue weighted by Gasteiger charge is 2.79. The van der Waals surface area contributed by atoms with Crippen LogP contribution in [0.1, 0.15) is 32.6 Å².